The molecule has 0 aromatic carbocycles. The van der Waals surface area contributed by atoms with Gasteiger partial charge in [0.2, 0.25) is 0 Å². The van der Waals surface area contributed by atoms with Gasteiger partial charge in [-0.25, -0.2) is 14.6 Å². The number of allylic oxidation sites excluding steroid dienone is 1. The minimum Gasteiger partial charge on any atom is -0.456 e. The summed E-state index contributed by atoms with van der Waals surface area (Å²) >= 11 is 0. The van der Waals surface area contributed by atoms with Crippen molar-refractivity contribution < 1.29 is 24.4 Å². The summed E-state index contributed by atoms with van der Waals surface area (Å²) in [5.41, 5.74) is 0.436. The molecule has 0 amide bonds. The highest BCUT2D eigenvalue weighted by Crippen LogP contribution is 2.22. The average Bonchev–Trinajstić information content (AvgIpc) is 2.83. The second-order valence-electron chi connectivity index (χ2n) is 6.61. The van der Waals surface area contributed by atoms with Crippen LogP contribution in [0.3, 0.4) is 0 Å². The Bertz CT molecular complexity index is 443. The van der Waals surface area contributed by atoms with Crippen molar-refractivity contribution in [1.82, 2.24) is 0 Å². The van der Waals surface area contributed by atoms with E-state index in [1.165, 1.54) is 32.1 Å². The SMILES string of the molecule is C[C@H]1OC(=O)/C(=C/CCCCCCCCC[C@@H]2C=CCOO2)[C@@H]1O. The van der Waals surface area contributed by atoms with Crippen molar-refractivity contribution in [2.45, 2.75) is 83.0 Å². The van der Waals surface area contributed by atoms with E-state index in [1.807, 2.05) is 12.2 Å². The van der Waals surface area contributed by atoms with Crippen molar-refractivity contribution in [3.8, 4) is 0 Å². The van der Waals surface area contributed by atoms with Crippen LogP contribution in [-0.2, 0) is 19.3 Å². The van der Waals surface area contributed by atoms with E-state index in [-0.39, 0.29) is 12.1 Å². The van der Waals surface area contributed by atoms with Crippen molar-refractivity contribution in [3.05, 3.63) is 23.8 Å². The first-order chi connectivity index (χ1) is 11.7. The number of hydrogen-bond donors (Lipinski definition) is 1. The van der Waals surface area contributed by atoms with Gasteiger partial charge in [-0.05, 0) is 26.2 Å². The number of unbranched alkanes of at least 4 members (excludes halogenated alkanes) is 7. The lowest BCUT2D eigenvalue weighted by Gasteiger charge is -2.15. The smallest absolute Gasteiger partial charge is 0.336 e. The number of ether oxygens (including phenoxy) is 1. The van der Waals surface area contributed by atoms with Crippen molar-refractivity contribution in [1.29, 1.82) is 0 Å². The second-order valence-corrected chi connectivity index (χ2v) is 6.61. The normalized spacial score (nSPS) is 28.5. The topological polar surface area (TPSA) is 65.0 Å². The third-order valence-corrected chi connectivity index (χ3v) is 4.56. The third kappa shape index (κ3) is 6.38. The molecule has 0 saturated carbocycles. The fourth-order valence-corrected chi connectivity index (χ4v) is 3.06. The van der Waals surface area contributed by atoms with Crippen molar-refractivity contribution in [2.24, 2.45) is 0 Å². The van der Waals surface area contributed by atoms with Gasteiger partial charge in [0.15, 0.2) is 0 Å². The molecule has 136 valence electrons. The maximum atomic E-state index is 11.5. The van der Waals surface area contributed by atoms with Crippen LogP contribution in [0, 0.1) is 0 Å². The minimum atomic E-state index is -0.758. The molecule has 0 bridgehead atoms. The van der Waals surface area contributed by atoms with Crippen molar-refractivity contribution in [2.75, 3.05) is 6.61 Å². The molecule has 2 rings (SSSR count). The molecule has 0 radical (unpaired) electrons. The molecule has 1 saturated heterocycles. The van der Waals surface area contributed by atoms with Gasteiger partial charge in [-0.3, -0.25) is 0 Å². The van der Waals surface area contributed by atoms with E-state index < -0.39 is 12.2 Å². The Morgan fingerprint density at radius 1 is 1.17 bits per heavy atom. The molecule has 24 heavy (non-hydrogen) atoms. The van der Waals surface area contributed by atoms with Crippen LogP contribution in [-0.4, -0.2) is 36.0 Å². The molecule has 0 aromatic rings. The Labute approximate surface area is 144 Å². The number of rotatable bonds is 10. The highest BCUT2D eigenvalue weighted by Gasteiger charge is 2.34. The summed E-state index contributed by atoms with van der Waals surface area (Å²) in [5, 5.41) is 9.81. The Kier molecular flexibility index (Phi) is 8.50. The minimum absolute atomic E-state index is 0.132. The van der Waals surface area contributed by atoms with E-state index in [1.54, 1.807) is 6.92 Å². The second kappa shape index (κ2) is 10.6. The van der Waals surface area contributed by atoms with Gasteiger partial charge >= 0.3 is 5.97 Å². The van der Waals surface area contributed by atoms with Crippen LogP contribution < -0.4 is 0 Å². The third-order valence-electron chi connectivity index (χ3n) is 4.56. The number of carbonyl (C=O) groups excluding carboxylic acids is 1. The Morgan fingerprint density at radius 2 is 1.88 bits per heavy atom. The summed E-state index contributed by atoms with van der Waals surface area (Å²) in [6.45, 7) is 2.28. The van der Waals surface area contributed by atoms with Crippen molar-refractivity contribution in [3.63, 3.8) is 0 Å². The van der Waals surface area contributed by atoms with E-state index in [0.29, 0.717) is 12.2 Å². The van der Waals surface area contributed by atoms with E-state index in [9.17, 15) is 9.90 Å². The zero-order valence-electron chi connectivity index (χ0n) is 14.6. The number of hydrogen-bond acceptors (Lipinski definition) is 5. The molecule has 0 aromatic heterocycles. The fraction of sp³-hybridized carbons (Fsp3) is 0.737. The lowest BCUT2D eigenvalue weighted by atomic mass is 10.0. The summed E-state index contributed by atoms with van der Waals surface area (Å²) in [5.74, 6) is -0.364. The van der Waals surface area contributed by atoms with Crippen LogP contribution >= 0.6 is 0 Å². The molecule has 0 unspecified atom stereocenters. The number of carbonyl (C=O) groups is 1. The average molecular weight is 338 g/mol. The quantitative estimate of drug-likeness (QED) is 0.217. The van der Waals surface area contributed by atoms with Crippen LogP contribution in [0.1, 0.15) is 64.7 Å². The lowest BCUT2D eigenvalue weighted by molar-refractivity contribution is -0.313. The summed E-state index contributed by atoms with van der Waals surface area (Å²) in [4.78, 5) is 21.6. The first kappa shape index (κ1) is 19.2. The Balaban J connectivity index is 1.42. The fourth-order valence-electron chi connectivity index (χ4n) is 3.06. The predicted molar refractivity (Wildman–Crippen MR) is 91.2 cm³/mol. The number of aliphatic hydroxyl groups is 1. The van der Waals surface area contributed by atoms with Crippen LogP contribution in [0.4, 0.5) is 0 Å². The molecular formula is C19H30O5. The van der Waals surface area contributed by atoms with Crippen LogP contribution in [0.5, 0.6) is 0 Å². The number of cyclic esters (lactones) is 1. The summed E-state index contributed by atoms with van der Waals surface area (Å²) in [7, 11) is 0. The maximum absolute atomic E-state index is 11.5. The zero-order chi connectivity index (χ0) is 17.2. The van der Waals surface area contributed by atoms with E-state index in [0.717, 1.165) is 25.7 Å². The van der Waals surface area contributed by atoms with Crippen molar-refractivity contribution >= 4 is 5.97 Å². The van der Waals surface area contributed by atoms with Gasteiger partial charge in [-0.1, -0.05) is 56.8 Å². The molecule has 1 N–H and O–H groups in total. The highest BCUT2D eigenvalue weighted by atomic mass is 17.2. The first-order valence-electron chi connectivity index (χ1n) is 9.22. The molecule has 1 fully saturated rings. The summed E-state index contributed by atoms with van der Waals surface area (Å²) < 4.78 is 4.98. The van der Waals surface area contributed by atoms with E-state index >= 15 is 0 Å². The molecule has 0 spiro atoms. The molecule has 0 aliphatic carbocycles. The molecule has 3 atom stereocenters. The number of aliphatic hydroxyl groups excluding tert-OH is 1. The van der Waals surface area contributed by atoms with Crippen LogP contribution in [0.2, 0.25) is 0 Å². The van der Waals surface area contributed by atoms with Gasteiger partial charge in [0.1, 0.15) is 24.9 Å². The first-order valence-corrected chi connectivity index (χ1v) is 9.22. The largest absolute Gasteiger partial charge is 0.456 e. The molecule has 2 aliphatic heterocycles. The highest BCUT2D eigenvalue weighted by molar-refractivity contribution is 5.92. The standard InChI is InChI=1S/C19H30O5/c1-15-18(20)17(19(21)23-15)13-9-7-5-3-2-4-6-8-11-16-12-10-14-22-24-16/h10,12-13,15-16,18,20H,2-9,11,14H2,1H3/b17-13+/t15-,16-,18-/m1/s1. The molecular weight excluding hydrogens is 308 g/mol. The van der Waals surface area contributed by atoms with Gasteiger partial charge in [-0.2, -0.15) is 0 Å². The molecule has 2 heterocycles. The Morgan fingerprint density at radius 3 is 2.50 bits per heavy atom. The van der Waals surface area contributed by atoms with Crippen LogP contribution in [0.25, 0.3) is 0 Å². The van der Waals surface area contributed by atoms with Gasteiger partial charge in [-0.15, -0.1) is 0 Å². The lowest BCUT2D eigenvalue weighted by Crippen LogP contribution is -2.17. The molecule has 5 nitrogen and oxygen atoms in total. The summed E-state index contributed by atoms with van der Waals surface area (Å²) in [6, 6.07) is 0. The maximum Gasteiger partial charge on any atom is 0.336 e. The van der Waals surface area contributed by atoms with E-state index in [2.05, 4.69) is 6.08 Å². The van der Waals surface area contributed by atoms with Gasteiger partial charge in [0.25, 0.3) is 0 Å². The van der Waals surface area contributed by atoms with Gasteiger partial charge in [0, 0.05) is 0 Å². The number of esters is 1. The van der Waals surface area contributed by atoms with Gasteiger partial charge < -0.3 is 9.84 Å². The molecule has 5 heteroatoms. The summed E-state index contributed by atoms with van der Waals surface area (Å²) in [6.07, 6.45) is 15.1. The monoisotopic (exact) mass is 338 g/mol. The predicted octanol–water partition coefficient (Wildman–Crippen LogP) is 3.62. The van der Waals surface area contributed by atoms with Gasteiger partial charge in [0.05, 0.1) is 5.57 Å². The zero-order valence-corrected chi connectivity index (χ0v) is 14.6. The van der Waals surface area contributed by atoms with E-state index in [4.69, 9.17) is 14.5 Å². The Hall–Kier alpha value is -1.17. The molecule has 2 aliphatic rings. The van der Waals surface area contributed by atoms with Crippen LogP contribution in [0.15, 0.2) is 23.8 Å².